The van der Waals surface area contributed by atoms with E-state index in [2.05, 4.69) is 65.6 Å². The lowest BCUT2D eigenvalue weighted by atomic mass is 9.96. The van der Waals surface area contributed by atoms with E-state index in [-0.39, 0.29) is 0 Å². The summed E-state index contributed by atoms with van der Waals surface area (Å²) in [6, 6.07) is 22.2. The molecular formula is C19H24N2. The molecule has 2 aromatic carbocycles. The molecule has 0 spiro atoms. The van der Waals surface area contributed by atoms with E-state index >= 15 is 0 Å². The molecule has 1 fully saturated rings. The number of rotatable bonds is 3. The van der Waals surface area contributed by atoms with Gasteiger partial charge in [-0.2, -0.15) is 0 Å². The Morgan fingerprint density at radius 2 is 1.43 bits per heavy atom. The number of benzene rings is 2. The molecule has 1 aliphatic rings. The zero-order valence-corrected chi connectivity index (χ0v) is 12.5. The van der Waals surface area contributed by atoms with Crippen LogP contribution in [0.15, 0.2) is 60.7 Å². The minimum atomic E-state index is 0.294. The quantitative estimate of drug-likeness (QED) is 0.931. The third kappa shape index (κ3) is 3.52. The maximum absolute atomic E-state index is 6.28. The highest BCUT2D eigenvalue weighted by Gasteiger charge is 2.25. The van der Waals surface area contributed by atoms with Crippen molar-refractivity contribution < 1.29 is 0 Å². The molecule has 21 heavy (non-hydrogen) atoms. The van der Waals surface area contributed by atoms with E-state index < -0.39 is 0 Å². The minimum Gasteiger partial charge on any atom is -0.327 e. The molecule has 1 aliphatic heterocycles. The normalized spacial score (nSPS) is 20.4. The van der Waals surface area contributed by atoms with Crippen molar-refractivity contribution in [3.8, 4) is 0 Å². The van der Waals surface area contributed by atoms with Crippen LogP contribution in [0.5, 0.6) is 0 Å². The Bertz CT molecular complexity index is 499. The van der Waals surface area contributed by atoms with E-state index in [4.69, 9.17) is 5.73 Å². The molecule has 1 unspecified atom stereocenters. The van der Waals surface area contributed by atoms with Gasteiger partial charge in [-0.15, -0.1) is 0 Å². The fourth-order valence-electron chi connectivity index (χ4n) is 3.32. The predicted octanol–water partition coefficient (Wildman–Crippen LogP) is 3.59. The molecule has 1 saturated heterocycles. The van der Waals surface area contributed by atoms with Gasteiger partial charge in [0.2, 0.25) is 0 Å². The van der Waals surface area contributed by atoms with E-state index in [1.165, 1.54) is 24.0 Å². The van der Waals surface area contributed by atoms with Crippen molar-refractivity contribution >= 4 is 0 Å². The fourth-order valence-corrected chi connectivity index (χ4v) is 3.32. The fraction of sp³-hybridized carbons (Fsp3) is 0.368. The van der Waals surface area contributed by atoms with Crippen LogP contribution in [0, 0.1) is 0 Å². The Hall–Kier alpha value is -1.64. The number of hydrogen-bond acceptors (Lipinski definition) is 2. The molecule has 0 amide bonds. The first-order valence-electron chi connectivity index (χ1n) is 7.94. The van der Waals surface area contributed by atoms with Crippen molar-refractivity contribution in [2.45, 2.75) is 31.3 Å². The maximum atomic E-state index is 6.28. The van der Waals surface area contributed by atoms with Crippen molar-refractivity contribution in [2.75, 3.05) is 13.1 Å². The Balaban J connectivity index is 1.96. The number of nitrogens with zero attached hydrogens (tertiary/aromatic N) is 1. The highest BCUT2D eigenvalue weighted by Crippen LogP contribution is 2.30. The lowest BCUT2D eigenvalue weighted by molar-refractivity contribution is 0.225. The van der Waals surface area contributed by atoms with Gasteiger partial charge in [-0.05, 0) is 30.5 Å². The van der Waals surface area contributed by atoms with Crippen LogP contribution in [0.2, 0.25) is 0 Å². The van der Waals surface area contributed by atoms with Gasteiger partial charge in [-0.3, -0.25) is 4.90 Å². The van der Waals surface area contributed by atoms with E-state index in [0.29, 0.717) is 12.1 Å². The van der Waals surface area contributed by atoms with Gasteiger partial charge >= 0.3 is 0 Å². The van der Waals surface area contributed by atoms with Crippen LogP contribution in [-0.2, 0) is 0 Å². The average Bonchev–Trinajstić information content (AvgIpc) is 2.74. The van der Waals surface area contributed by atoms with Crippen LogP contribution in [0.25, 0.3) is 0 Å². The molecule has 110 valence electrons. The third-order valence-corrected chi connectivity index (χ3v) is 4.34. The van der Waals surface area contributed by atoms with Crippen LogP contribution in [-0.4, -0.2) is 24.0 Å². The monoisotopic (exact) mass is 280 g/mol. The summed E-state index contributed by atoms with van der Waals surface area (Å²) in [4.78, 5) is 2.56. The Kier molecular flexibility index (Phi) is 4.69. The zero-order valence-electron chi connectivity index (χ0n) is 12.5. The summed E-state index contributed by atoms with van der Waals surface area (Å²) in [5.41, 5.74) is 9.00. The summed E-state index contributed by atoms with van der Waals surface area (Å²) in [5.74, 6) is 0. The number of hydrogen-bond donors (Lipinski definition) is 1. The van der Waals surface area contributed by atoms with E-state index in [1.54, 1.807) is 0 Å². The topological polar surface area (TPSA) is 29.3 Å². The molecule has 0 aromatic heterocycles. The first kappa shape index (κ1) is 14.3. The van der Waals surface area contributed by atoms with Crippen LogP contribution < -0.4 is 5.73 Å². The van der Waals surface area contributed by atoms with Gasteiger partial charge in [0.15, 0.2) is 0 Å². The molecule has 1 atom stereocenters. The van der Waals surface area contributed by atoms with Crippen molar-refractivity contribution in [2.24, 2.45) is 5.73 Å². The summed E-state index contributed by atoms with van der Waals surface area (Å²) in [6.07, 6.45) is 3.63. The summed E-state index contributed by atoms with van der Waals surface area (Å²) in [7, 11) is 0. The van der Waals surface area contributed by atoms with Crippen LogP contribution in [0.4, 0.5) is 0 Å². The highest BCUT2D eigenvalue weighted by atomic mass is 15.2. The Morgan fingerprint density at radius 3 is 2.00 bits per heavy atom. The second kappa shape index (κ2) is 6.88. The smallest absolute Gasteiger partial charge is 0.0602 e. The van der Waals surface area contributed by atoms with Gasteiger partial charge in [0.1, 0.15) is 0 Å². The number of likely N-dealkylation sites (tertiary alicyclic amines) is 1. The van der Waals surface area contributed by atoms with Gasteiger partial charge in [0.25, 0.3) is 0 Å². The molecule has 0 radical (unpaired) electrons. The van der Waals surface area contributed by atoms with Crippen molar-refractivity contribution in [3.63, 3.8) is 0 Å². The van der Waals surface area contributed by atoms with Gasteiger partial charge in [0.05, 0.1) is 6.04 Å². The molecule has 3 rings (SSSR count). The molecule has 2 N–H and O–H groups in total. The standard InChI is InChI=1S/C19H24N2/c20-18-13-7-8-14-21(15-18)19(16-9-3-1-4-10-16)17-11-5-2-6-12-17/h1-6,9-12,18-19H,7-8,13-15,20H2. The van der Waals surface area contributed by atoms with Crippen LogP contribution >= 0.6 is 0 Å². The Labute approximate surface area is 127 Å². The molecular weight excluding hydrogens is 256 g/mol. The summed E-state index contributed by atoms with van der Waals surface area (Å²) in [5, 5.41) is 0. The number of nitrogens with two attached hydrogens (primary N) is 1. The van der Waals surface area contributed by atoms with Gasteiger partial charge < -0.3 is 5.73 Å². The van der Waals surface area contributed by atoms with Crippen molar-refractivity contribution in [3.05, 3.63) is 71.8 Å². The van der Waals surface area contributed by atoms with Gasteiger partial charge in [-0.1, -0.05) is 67.1 Å². The Morgan fingerprint density at radius 1 is 0.857 bits per heavy atom. The molecule has 0 bridgehead atoms. The second-order valence-corrected chi connectivity index (χ2v) is 5.97. The maximum Gasteiger partial charge on any atom is 0.0602 e. The SMILES string of the molecule is NC1CCCCN(C(c2ccccc2)c2ccccc2)C1. The average molecular weight is 280 g/mol. The first-order chi connectivity index (χ1) is 10.3. The third-order valence-electron chi connectivity index (χ3n) is 4.34. The van der Waals surface area contributed by atoms with E-state index in [1.807, 2.05) is 0 Å². The largest absolute Gasteiger partial charge is 0.327 e. The predicted molar refractivity (Wildman–Crippen MR) is 88.1 cm³/mol. The lowest BCUT2D eigenvalue weighted by Gasteiger charge is -2.32. The van der Waals surface area contributed by atoms with E-state index in [9.17, 15) is 0 Å². The molecule has 1 heterocycles. The lowest BCUT2D eigenvalue weighted by Crippen LogP contribution is -2.38. The van der Waals surface area contributed by atoms with E-state index in [0.717, 1.165) is 19.5 Å². The summed E-state index contributed by atoms with van der Waals surface area (Å²) >= 11 is 0. The minimum absolute atomic E-state index is 0.294. The molecule has 2 heteroatoms. The molecule has 2 nitrogen and oxygen atoms in total. The highest BCUT2D eigenvalue weighted by molar-refractivity contribution is 5.31. The van der Waals surface area contributed by atoms with Crippen LogP contribution in [0.1, 0.15) is 36.4 Å². The van der Waals surface area contributed by atoms with Crippen molar-refractivity contribution in [1.29, 1.82) is 0 Å². The van der Waals surface area contributed by atoms with Crippen molar-refractivity contribution in [1.82, 2.24) is 4.90 Å². The molecule has 0 saturated carbocycles. The van der Waals surface area contributed by atoms with Crippen LogP contribution in [0.3, 0.4) is 0 Å². The first-order valence-corrected chi connectivity index (χ1v) is 7.94. The van der Waals surface area contributed by atoms with Gasteiger partial charge in [-0.25, -0.2) is 0 Å². The molecule has 2 aromatic rings. The molecule has 0 aliphatic carbocycles. The summed E-state index contributed by atoms with van der Waals surface area (Å²) < 4.78 is 0. The summed E-state index contributed by atoms with van der Waals surface area (Å²) in [6.45, 7) is 2.11. The zero-order chi connectivity index (χ0) is 14.5. The second-order valence-electron chi connectivity index (χ2n) is 5.97. The van der Waals surface area contributed by atoms with Gasteiger partial charge in [0, 0.05) is 12.6 Å².